The van der Waals surface area contributed by atoms with Crippen molar-refractivity contribution in [1.29, 1.82) is 5.26 Å². The molecule has 0 spiro atoms. The van der Waals surface area contributed by atoms with Crippen LogP contribution in [0.2, 0.25) is 0 Å². The van der Waals surface area contributed by atoms with Crippen LogP contribution < -0.4 is 5.73 Å². The molecule has 0 aliphatic rings. The Kier molecular flexibility index (Phi) is 1.46. The smallest absolute Gasteiger partial charge is 0.156 e. The number of anilines is 1. The van der Waals surface area contributed by atoms with Gasteiger partial charge >= 0.3 is 0 Å². The van der Waals surface area contributed by atoms with Crippen molar-refractivity contribution in [2.75, 3.05) is 5.73 Å². The van der Waals surface area contributed by atoms with Gasteiger partial charge in [0.25, 0.3) is 0 Å². The van der Waals surface area contributed by atoms with Crippen LogP contribution in [0.4, 0.5) is 5.82 Å². The summed E-state index contributed by atoms with van der Waals surface area (Å²) in [6.45, 7) is 1.92. The lowest BCUT2D eigenvalue weighted by Crippen LogP contribution is -1.95. The molecule has 0 amide bonds. The first-order valence-electron chi connectivity index (χ1n) is 3.85. The van der Waals surface area contributed by atoms with Crippen LogP contribution in [0.15, 0.2) is 18.5 Å². The van der Waals surface area contributed by atoms with Crippen molar-refractivity contribution in [3.05, 3.63) is 29.6 Å². The van der Waals surface area contributed by atoms with Gasteiger partial charge in [-0.25, -0.2) is 4.98 Å². The Labute approximate surface area is 75.2 Å². The Balaban J connectivity index is 2.94. The van der Waals surface area contributed by atoms with Crippen molar-refractivity contribution in [3.63, 3.8) is 0 Å². The molecular formula is C9H8N4. The monoisotopic (exact) mass is 172 g/mol. The number of nitrogens with zero attached hydrogens (tertiary/aromatic N) is 3. The van der Waals surface area contributed by atoms with E-state index in [2.05, 4.69) is 11.1 Å². The molecule has 0 saturated heterocycles. The molecule has 0 bridgehead atoms. The van der Waals surface area contributed by atoms with Crippen LogP contribution in [-0.2, 0) is 0 Å². The zero-order valence-electron chi connectivity index (χ0n) is 7.15. The second-order valence-electron chi connectivity index (χ2n) is 2.92. The molecule has 4 nitrogen and oxygen atoms in total. The minimum Gasteiger partial charge on any atom is -0.383 e. The normalized spacial score (nSPS) is 10.2. The fourth-order valence-electron chi connectivity index (χ4n) is 1.32. The molecular weight excluding hydrogens is 164 g/mol. The van der Waals surface area contributed by atoms with Gasteiger partial charge in [-0.15, -0.1) is 0 Å². The standard InChI is InChI=1S/C9H8N4/c1-6-2-7(3-10)9-12-4-8(11)13(9)5-6/h2,4-5H,11H2,1H3. The van der Waals surface area contributed by atoms with Gasteiger partial charge in [0.1, 0.15) is 11.9 Å². The van der Waals surface area contributed by atoms with Crippen molar-refractivity contribution in [3.8, 4) is 6.07 Å². The number of rotatable bonds is 0. The van der Waals surface area contributed by atoms with E-state index in [4.69, 9.17) is 11.0 Å². The fraction of sp³-hybridized carbons (Fsp3) is 0.111. The van der Waals surface area contributed by atoms with Crippen LogP contribution in [0, 0.1) is 18.3 Å². The maximum absolute atomic E-state index is 8.83. The van der Waals surface area contributed by atoms with Crippen LogP contribution in [0.1, 0.15) is 11.1 Å². The molecule has 0 aromatic carbocycles. The van der Waals surface area contributed by atoms with Gasteiger partial charge in [-0.3, -0.25) is 4.40 Å². The third-order valence-electron chi connectivity index (χ3n) is 1.89. The summed E-state index contributed by atoms with van der Waals surface area (Å²) >= 11 is 0. The third kappa shape index (κ3) is 1.02. The fourth-order valence-corrected chi connectivity index (χ4v) is 1.32. The number of nitrogens with two attached hydrogens (primary N) is 1. The topological polar surface area (TPSA) is 67.1 Å². The Hall–Kier alpha value is -2.02. The SMILES string of the molecule is Cc1cc(C#N)c2ncc(N)n2c1. The summed E-state index contributed by atoms with van der Waals surface area (Å²) in [7, 11) is 0. The van der Waals surface area contributed by atoms with Crippen LogP contribution in [0.3, 0.4) is 0 Å². The van der Waals surface area contributed by atoms with Crippen LogP contribution in [0.5, 0.6) is 0 Å². The van der Waals surface area contributed by atoms with E-state index < -0.39 is 0 Å². The zero-order chi connectivity index (χ0) is 9.42. The molecule has 64 valence electrons. The lowest BCUT2D eigenvalue weighted by molar-refractivity contribution is 1.15. The first-order valence-corrected chi connectivity index (χ1v) is 3.85. The quantitative estimate of drug-likeness (QED) is 0.647. The van der Waals surface area contributed by atoms with E-state index in [1.165, 1.54) is 0 Å². The summed E-state index contributed by atoms with van der Waals surface area (Å²) in [5, 5.41) is 8.83. The first kappa shape index (κ1) is 7.62. The number of hydrogen-bond donors (Lipinski definition) is 1. The number of imidazole rings is 1. The van der Waals surface area contributed by atoms with Crippen molar-refractivity contribution < 1.29 is 0 Å². The molecule has 0 aliphatic heterocycles. The highest BCUT2D eigenvalue weighted by molar-refractivity contribution is 5.60. The number of hydrogen-bond acceptors (Lipinski definition) is 3. The van der Waals surface area contributed by atoms with E-state index in [0.717, 1.165) is 5.56 Å². The first-order chi connectivity index (χ1) is 6.22. The van der Waals surface area contributed by atoms with Crippen LogP contribution in [0.25, 0.3) is 5.65 Å². The number of nitriles is 1. The molecule has 0 saturated carbocycles. The van der Waals surface area contributed by atoms with E-state index in [1.807, 2.05) is 13.1 Å². The van der Waals surface area contributed by atoms with Crippen molar-refractivity contribution in [2.45, 2.75) is 6.92 Å². The predicted octanol–water partition coefficient (Wildman–Crippen LogP) is 1.10. The van der Waals surface area contributed by atoms with Crippen LogP contribution >= 0.6 is 0 Å². The van der Waals surface area contributed by atoms with E-state index in [0.29, 0.717) is 17.0 Å². The summed E-state index contributed by atoms with van der Waals surface area (Å²) < 4.78 is 1.72. The average Bonchev–Trinajstić information content (AvgIpc) is 2.47. The van der Waals surface area contributed by atoms with Gasteiger partial charge in [-0.2, -0.15) is 5.26 Å². The minimum atomic E-state index is 0.551. The lowest BCUT2D eigenvalue weighted by Gasteiger charge is -1.99. The third-order valence-corrected chi connectivity index (χ3v) is 1.89. The zero-order valence-corrected chi connectivity index (χ0v) is 7.15. The summed E-state index contributed by atoms with van der Waals surface area (Å²) in [6.07, 6.45) is 3.41. The van der Waals surface area contributed by atoms with Crippen molar-refractivity contribution >= 4 is 11.5 Å². The Bertz CT molecular complexity index is 504. The lowest BCUT2D eigenvalue weighted by atomic mass is 10.2. The van der Waals surface area contributed by atoms with E-state index in [1.54, 1.807) is 16.7 Å². The van der Waals surface area contributed by atoms with Crippen LogP contribution in [-0.4, -0.2) is 9.38 Å². The predicted molar refractivity (Wildman–Crippen MR) is 49.1 cm³/mol. The molecule has 2 heterocycles. The summed E-state index contributed by atoms with van der Waals surface area (Å²) in [5.74, 6) is 0.551. The minimum absolute atomic E-state index is 0.551. The van der Waals surface area contributed by atoms with Gasteiger partial charge in [0.2, 0.25) is 0 Å². The second kappa shape index (κ2) is 2.49. The van der Waals surface area contributed by atoms with Gasteiger partial charge in [-0.1, -0.05) is 0 Å². The highest BCUT2D eigenvalue weighted by Gasteiger charge is 2.05. The Morgan fingerprint density at radius 2 is 2.38 bits per heavy atom. The number of nitrogen functional groups attached to an aromatic ring is 1. The second-order valence-corrected chi connectivity index (χ2v) is 2.92. The van der Waals surface area contributed by atoms with Crippen molar-refractivity contribution in [2.24, 2.45) is 0 Å². The van der Waals surface area contributed by atoms with Crippen molar-refractivity contribution in [1.82, 2.24) is 9.38 Å². The maximum Gasteiger partial charge on any atom is 0.156 e. The number of aromatic nitrogens is 2. The van der Waals surface area contributed by atoms with Gasteiger partial charge in [0.15, 0.2) is 5.65 Å². The molecule has 2 aromatic rings. The molecule has 2 rings (SSSR count). The van der Waals surface area contributed by atoms with Gasteiger partial charge in [0.05, 0.1) is 11.8 Å². The molecule has 0 fully saturated rings. The largest absolute Gasteiger partial charge is 0.383 e. The molecule has 0 radical (unpaired) electrons. The number of fused-ring (bicyclic) bond motifs is 1. The summed E-state index contributed by atoms with van der Waals surface area (Å²) in [5.41, 5.74) is 7.82. The molecule has 13 heavy (non-hydrogen) atoms. The Morgan fingerprint density at radius 3 is 3.08 bits per heavy atom. The molecule has 4 heteroatoms. The van der Waals surface area contributed by atoms with E-state index >= 15 is 0 Å². The maximum atomic E-state index is 8.83. The molecule has 0 aliphatic carbocycles. The van der Waals surface area contributed by atoms with Gasteiger partial charge in [-0.05, 0) is 18.6 Å². The number of pyridine rings is 1. The highest BCUT2D eigenvalue weighted by atomic mass is 15.1. The Morgan fingerprint density at radius 1 is 1.62 bits per heavy atom. The molecule has 2 aromatic heterocycles. The van der Waals surface area contributed by atoms with Gasteiger partial charge in [0, 0.05) is 6.20 Å². The summed E-state index contributed by atoms with van der Waals surface area (Å²) in [6, 6.07) is 3.88. The molecule has 0 unspecified atom stereocenters. The molecule has 0 atom stereocenters. The van der Waals surface area contributed by atoms with Gasteiger partial charge < -0.3 is 5.73 Å². The average molecular weight is 172 g/mol. The highest BCUT2D eigenvalue weighted by Crippen LogP contribution is 2.14. The molecule has 2 N–H and O–H groups in total. The number of aryl methyl sites for hydroxylation is 1. The van der Waals surface area contributed by atoms with E-state index in [9.17, 15) is 0 Å². The summed E-state index contributed by atoms with van der Waals surface area (Å²) in [4.78, 5) is 4.05. The van der Waals surface area contributed by atoms with E-state index in [-0.39, 0.29) is 0 Å².